The van der Waals surface area contributed by atoms with Gasteiger partial charge in [0.25, 0.3) is 0 Å². The Labute approximate surface area is 113 Å². The van der Waals surface area contributed by atoms with Gasteiger partial charge in [-0.3, -0.25) is 0 Å². The third kappa shape index (κ3) is 2.68. The normalized spacial score (nSPS) is 23.4. The van der Waals surface area contributed by atoms with Crippen LogP contribution in [0.1, 0.15) is 37.4 Å². The Bertz CT molecular complexity index is 513. The first-order valence-electron chi connectivity index (χ1n) is 7.01. The maximum absolute atomic E-state index is 4.73. The predicted molar refractivity (Wildman–Crippen MR) is 75.9 cm³/mol. The van der Waals surface area contributed by atoms with Gasteiger partial charge >= 0.3 is 0 Å². The first-order chi connectivity index (χ1) is 9.36. The van der Waals surface area contributed by atoms with Crippen LogP contribution in [0.2, 0.25) is 0 Å². The average molecular weight is 256 g/mol. The van der Waals surface area contributed by atoms with Crippen LogP contribution in [0.3, 0.4) is 0 Å². The van der Waals surface area contributed by atoms with Crippen molar-refractivity contribution >= 4 is 0 Å². The Balaban J connectivity index is 1.77. The quantitative estimate of drug-likeness (QED) is 0.887. The largest absolute Gasteiger partial charge is 0.360 e. The summed E-state index contributed by atoms with van der Waals surface area (Å²) < 4.78 is 0. The molecule has 2 aromatic rings. The predicted octanol–water partition coefficient (Wildman–Crippen LogP) is 2.72. The maximum atomic E-state index is 4.73. The van der Waals surface area contributed by atoms with Gasteiger partial charge in [-0.15, -0.1) is 0 Å². The second-order valence-corrected chi connectivity index (χ2v) is 5.22. The van der Waals surface area contributed by atoms with E-state index >= 15 is 0 Å². The van der Waals surface area contributed by atoms with Crippen molar-refractivity contribution < 1.29 is 0 Å². The molecule has 2 heterocycles. The number of H-pyrrole nitrogens is 1. The second-order valence-electron chi connectivity index (χ2n) is 5.22. The fourth-order valence-electron chi connectivity index (χ4n) is 2.85. The molecule has 0 aromatic carbocycles. The van der Waals surface area contributed by atoms with Gasteiger partial charge in [0.2, 0.25) is 0 Å². The molecule has 4 nitrogen and oxygen atoms in total. The number of hydrogen-bond donors (Lipinski definition) is 2. The van der Waals surface area contributed by atoms with Crippen LogP contribution in [-0.4, -0.2) is 28.0 Å². The van der Waals surface area contributed by atoms with Crippen molar-refractivity contribution in [3.63, 3.8) is 0 Å². The Morgan fingerprint density at radius 2 is 2.05 bits per heavy atom. The number of rotatable bonds is 3. The zero-order chi connectivity index (χ0) is 13.1. The molecule has 0 unspecified atom stereocenters. The highest BCUT2D eigenvalue weighted by atomic mass is 14.9. The lowest BCUT2D eigenvalue weighted by Crippen LogP contribution is -2.29. The van der Waals surface area contributed by atoms with E-state index in [0.29, 0.717) is 12.0 Å². The standard InChI is InChI=1S/C15H20N4/c1-16-12-6-4-11(5-7-12)15-18-10-8-14(19-15)13-3-2-9-17-13/h2-3,8-12,16-17H,4-7H2,1H3. The van der Waals surface area contributed by atoms with E-state index in [9.17, 15) is 0 Å². The van der Waals surface area contributed by atoms with Gasteiger partial charge in [-0.2, -0.15) is 0 Å². The Hall–Kier alpha value is -1.68. The Morgan fingerprint density at radius 1 is 1.21 bits per heavy atom. The summed E-state index contributed by atoms with van der Waals surface area (Å²) in [5, 5.41) is 3.36. The molecular formula is C15H20N4. The van der Waals surface area contributed by atoms with E-state index in [1.54, 1.807) is 0 Å². The van der Waals surface area contributed by atoms with Crippen LogP contribution >= 0.6 is 0 Å². The maximum Gasteiger partial charge on any atom is 0.132 e. The third-order valence-corrected chi connectivity index (χ3v) is 4.05. The van der Waals surface area contributed by atoms with Crippen molar-refractivity contribution in [2.75, 3.05) is 7.05 Å². The number of hydrogen-bond acceptors (Lipinski definition) is 3. The van der Waals surface area contributed by atoms with E-state index in [1.807, 2.05) is 37.6 Å². The summed E-state index contributed by atoms with van der Waals surface area (Å²) in [6, 6.07) is 6.68. The van der Waals surface area contributed by atoms with Gasteiger partial charge in [-0.05, 0) is 50.9 Å². The van der Waals surface area contributed by atoms with Crippen LogP contribution < -0.4 is 5.32 Å². The van der Waals surface area contributed by atoms with Gasteiger partial charge < -0.3 is 10.3 Å². The molecule has 2 N–H and O–H groups in total. The van der Waals surface area contributed by atoms with Crippen LogP contribution in [0.4, 0.5) is 0 Å². The highest BCUT2D eigenvalue weighted by molar-refractivity contribution is 5.53. The molecule has 100 valence electrons. The molecule has 1 aliphatic rings. The van der Waals surface area contributed by atoms with Gasteiger partial charge in [-0.25, -0.2) is 9.97 Å². The molecule has 4 heteroatoms. The number of nitrogens with one attached hydrogen (secondary N) is 2. The van der Waals surface area contributed by atoms with E-state index in [2.05, 4.69) is 15.3 Å². The minimum atomic E-state index is 0.513. The topological polar surface area (TPSA) is 53.6 Å². The van der Waals surface area contributed by atoms with E-state index < -0.39 is 0 Å². The lowest BCUT2D eigenvalue weighted by Gasteiger charge is -2.27. The molecule has 0 radical (unpaired) electrons. The second kappa shape index (κ2) is 5.53. The van der Waals surface area contributed by atoms with Crippen LogP contribution in [-0.2, 0) is 0 Å². The monoisotopic (exact) mass is 256 g/mol. The summed E-state index contributed by atoms with van der Waals surface area (Å²) in [6.07, 6.45) is 8.60. The summed E-state index contributed by atoms with van der Waals surface area (Å²) in [5.41, 5.74) is 2.05. The molecule has 0 amide bonds. The average Bonchev–Trinajstić information content (AvgIpc) is 3.02. The number of nitrogens with zero attached hydrogens (tertiary/aromatic N) is 2. The summed E-state index contributed by atoms with van der Waals surface area (Å²) in [5.74, 6) is 1.51. The minimum Gasteiger partial charge on any atom is -0.360 e. The van der Waals surface area contributed by atoms with Crippen molar-refractivity contribution in [1.29, 1.82) is 0 Å². The van der Waals surface area contributed by atoms with Crippen LogP contribution in [0, 0.1) is 0 Å². The molecule has 0 bridgehead atoms. The molecule has 1 aliphatic carbocycles. The molecule has 3 rings (SSSR count). The molecule has 19 heavy (non-hydrogen) atoms. The van der Waals surface area contributed by atoms with Crippen molar-refractivity contribution in [2.45, 2.75) is 37.6 Å². The molecule has 0 saturated heterocycles. The lowest BCUT2D eigenvalue weighted by atomic mass is 9.85. The molecule has 0 aliphatic heterocycles. The fraction of sp³-hybridized carbons (Fsp3) is 0.467. The molecule has 0 spiro atoms. The number of aromatic nitrogens is 3. The van der Waals surface area contributed by atoms with Crippen LogP contribution in [0.15, 0.2) is 30.6 Å². The summed E-state index contributed by atoms with van der Waals surface area (Å²) in [4.78, 5) is 12.4. The van der Waals surface area contributed by atoms with Crippen LogP contribution in [0.5, 0.6) is 0 Å². The van der Waals surface area contributed by atoms with Gasteiger partial charge in [0.1, 0.15) is 5.82 Å². The zero-order valence-corrected chi connectivity index (χ0v) is 11.3. The van der Waals surface area contributed by atoms with Gasteiger partial charge in [0, 0.05) is 24.4 Å². The third-order valence-electron chi connectivity index (χ3n) is 4.05. The van der Waals surface area contributed by atoms with Crippen molar-refractivity contribution in [3.05, 3.63) is 36.4 Å². The SMILES string of the molecule is CNC1CCC(c2nccc(-c3ccc[nH]3)n2)CC1. The van der Waals surface area contributed by atoms with Crippen molar-refractivity contribution in [2.24, 2.45) is 0 Å². The molecule has 2 aromatic heterocycles. The van der Waals surface area contributed by atoms with Crippen molar-refractivity contribution in [3.8, 4) is 11.4 Å². The van der Waals surface area contributed by atoms with E-state index in [0.717, 1.165) is 17.2 Å². The Kier molecular flexibility index (Phi) is 3.60. The van der Waals surface area contributed by atoms with Gasteiger partial charge in [-0.1, -0.05) is 0 Å². The highest BCUT2D eigenvalue weighted by Gasteiger charge is 2.23. The first kappa shape index (κ1) is 12.4. The summed E-state index contributed by atoms with van der Waals surface area (Å²) in [6.45, 7) is 0. The van der Waals surface area contributed by atoms with E-state index in [1.165, 1.54) is 25.7 Å². The van der Waals surface area contributed by atoms with E-state index in [-0.39, 0.29) is 0 Å². The number of aromatic amines is 1. The highest BCUT2D eigenvalue weighted by Crippen LogP contribution is 2.31. The molecule has 0 atom stereocenters. The summed E-state index contributed by atoms with van der Waals surface area (Å²) in [7, 11) is 2.05. The smallest absolute Gasteiger partial charge is 0.132 e. The fourth-order valence-corrected chi connectivity index (χ4v) is 2.85. The lowest BCUT2D eigenvalue weighted by molar-refractivity contribution is 0.350. The van der Waals surface area contributed by atoms with Gasteiger partial charge in [0.05, 0.1) is 11.4 Å². The summed E-state index contributed by atoms with van der Waals surface area (Å²) >= 11 is 0. The molecular weight excluding hydrogens is 236 g/mol. The Morgan fingerprint density at radius 3 is 2.74 bits per heavy atom. The minimum absolute atomic E-state index is 0.513. The first-order valence-corrected chi connectivity index (χ1v) is 7.01. The molecule has 1 fully saturated rings. The van der Waals surface area contributed by atoms with E-state index in [4.69, 9.17) is 4.98 Å². The van der Waals surface area contributed by atoms with Gasteiger partial charge in [0.15, 0.2) is 0 Å². The van der Waals surface area contributed by atoms with Crippen LogP contribution in [0.25, 0.3) is 11.4 Å². The van der Waals surface area contributed by atoms with Crippen molar-refractivity contribution in [1.82, 2.24) is 20.3 Å². The molecule has 1 saturated carbocycles. The zero-order valence-electron chi connectivity index (χ0n) is 11.3.